The van der Waals surface area contributed by atoms with E-state index in [1.807, 2.05) is 0 Å². The molecule has 3 heteroatoms. The minimum atomic E-state index is -0.716. The number of hydrogen-bond donors (Lipinski definition) is 0. The maximum atomic E-state index is 8.96. The Bertz CT molecular complexity index is 452. The van der Waals surface area contributed by atoms with Crippen LogP contribution in [0.25, 0.3) is 0 Å². The number of terminal acetylenes is 1. The number of benzene rings is 1. The highest BCUT2D eigenvalue weighted by Crippen LogP contribution is 2.28. The van der Waals surface area contributed by atoms with Gasteiger partial charge in [-0.3, -0.25) is 0 Å². The molecule has 0 heterocycles. The summed E-state index contributed by atoms with van der Waals surface area (Å²) in [6, 6.07) is 7.38. The van der Waals surface area contributed by atoms with Crippen LogP contribution >= 0.6 is 15.9 Å². The highest BCUT2D eigenvalue weighted by atomic mass is 79.9. The van der Waals surface area contributed by atoms with Gasteiger partial charge in [0.25, 0.3) is 0 Å². The van der Waals surface area contributed by atoms with E-state index >= 15 is 0 Å². The molecule has 0 unspecified atom stereocenters. The van der Waals surface area contributed by atoms with E-state index in [1.54, 1.807) is 32.0 Å². The van der Waals surface area contributed by atoms with E-state index in [9.17, 15) is 0 Å². The van der Waals surface area contributed by atoms with Gasteiger partial charge in [0.05, 0.1) is 0 Å². The van der Waals surface area contributed by atoms with Crippen molar-refractivity contribution >= 4 is 15.9 Å². The molecule has 0 saturated carbocycles. The van der Waals surface area contributed by atoms with Gasteiger partial charge in [0.1, 0.15) is 17.4 Å². The molecule has 2 nitrogen and oxygen atoms in total. The molecule has 0 spiro atoms. The lowest BCUT2D eigenvalue weighted by Gasteiger charge is -2.21. The Morgan fingerprint density at radius 1 is 1.47 bits per heavy atom. The van der Waals surface area contributed by atoms with E-state index in [0.717, 1.165) is 0 Å². The second kappa shape index (κ2) is 4.38. The lowest BCUT2D eigenvalue weighted by molar-refractivity contribution is 0.172. The molecule has 0 amide bonds. The van der Waals surface area contributed by atoms with Crippen LogP contribution in [0.1, 0.15) is 19.4 Å². The lowest BCUT2D eigenvalue weighted by atomic mass is 10.1. The van der Waals surface area contributed by atoms with Gasteiger partial charge in [0.2, 0.25) is 0 Å². The summed E-state index contributed by atoms with van der Waals surface area (Å²) in [5.74, 6) is 3.01. The van der Waals surface area contributed by atoms with Crippen molar-refractivity contribution in [2.24, 2.45) is 0 Å². The van der Waals surface area contributed by atoms with Crippen LogP contribution < -0.4 is 4.74 Å². The molecular weight excluding hydrogens is 254 g/mol. The molecule has 0 aliphatic heterocycles. The van der Waals surface area contributed by atoms with E-state index in [4.69, 9.17) is 16.4 Å². The summed E-state index contributed by atoms with van der Waals surface area (Å²) < 4.78 is 6.27. The predicted molar refractivity (Wildman–Crippen MR) is 62.4 cm³/mol. The van der Waals surface area contributed by atoms with Crippen molar-refractivity contribution in [2.45, 2.75) is 19.4 Å². The van der Waals surface area contributed by atoms with Crippen molar-refractivity contribution < 1.29 is 4.74 Å². The standard InChI is InChI=1S/C12H10BrNO/c1-4-12(2,3)15-11-7-5-6-10(13)9(11)8-14/h1,5-7H,2-3H3. The minimum Gasteiger partial charge on any atom is -0.474 e. The number of nitriles is 1. The zero-order chi connectivity index (χ0) is 11.5. The summed E-state index contributed by atoms with van der Waals surface area (Å²) >= 11 is 3.28. The van der Waals surface area contributed by atoms with E-state index < -0.39 is 5.60 Å². The Balaban J connectivity index is 3.13. The SMILES string of the molecule is C#CC(C)(C)Oc1cccc(Br)c1C#N. The first-order valence-corrected chi connectivity index (χ1v) is 5.15. The van der Waals surface area contributed by atoms with E-state index in [1.165, 1.54) is 0 Å². The molecule has 0 atom stereocenters. The maximum absolute atomic E-state index is 8.96. The fourth-order valence-corrected chi connectivity index (χ4v) is 1.44. The van der Waals surface area contributed by atoms with E-state index in [2.05, 4.69) is 27.9 Å². The molecule has 0 bridgehead atoms. The van der Waals surface area contributed by atoms with Gasteiger partial charge < -0.3 is 4.74 Å². The van der Waals surface area contributed by atoms with E-state index in [-0.39, 0.29) is 0 Å². The summed E-state index contributed by atoms with van der Waals surface area (Å²) in [6.45, 7) is 3.55. The smallest absolute Gasteiger partial charge is 0.163 e. The second-order valence-electron chi connectivity index (χ2n) is 3.48. The van der Waals surface area contributed by atoms with Gasteiger partial charge >= 0.3 is 0 Å². The Hall–Kier alpha value is -1.45. The first kappa shape index (κ1) is 11.6. The first-order chi connectivity index (χ1) is 7.00. The quantitative estimate of drug-likeness (QED) is 0.769. The summed E-state index contributed by atoms with van der Waals surface area (Å²) in [6.07, 6.45) is 5.31. The highest BCUT2D eigenvalue weighted by molar-refractivity contribution is 9.10. The third-order valence-corrected chi connectivity index (χ3v) is 2.46. The van der Waals surface area contributed by atoms with Crippen LogP contribution in [0.5, 0.6) is 5.75 Å². The van der Waals surface area contributed by atoms with Crippen molar-refractivity contribution in [1.29, 1.82) is 5.26 Å². The van der Waals surface area contributed by atoms with Crippen molar-refractivity contribution in [3.8, 4) is 24.2 Å². The molecular formula is C12H10BrNO. The van der Waals surface area contributed by atoms with Crippen LogP contribution in [0.15, 0.2) is 22.7 Å². The Morgan fingerprint density at radius 2 is 2.13 bits per heavy atom. The van der Waals surface area contributed by atoms with Crippen molar-refractivity contribution in [1.82, 2.24) is 0 Å². The number of ether oxygens (including phenoxy) is 1. The average molecular weight is 264 g/mol. The maximum Gasteiger partial charge on any atom is 0.163 e. The molecule has 0 N–H and O–H groups in total. The third kappa shape index (κ3) is 2.75. The molecule has 0 aliphatic rings. The first-order valence-electron chi connectivity index (χ1n) is 4.35. The lowest BCUT2D eigenvalue weighted by Crippen LogP contribution is -2.25. The molecule has 15 heavy (non-hydrogen) atoms. The fraction of sp³-hybridized carbons (Fsp3) is 0.250. The Kier molecular flexibility index (Phi) is 3.39. The predicted octanol–water partition coefficient (Wildman–Crippen LogP) is 3.11. The number of rotatable bonds is 2. The molecule has 1 aromatic rings. The van der Waals surface area contributed by atoms with Crippen LogP contribution in [0.2, 0.25) is 0 Å². The number of hydrogen-bond acceptors (Lipinski definition) is 2. The van der Waals surface area contributed by atoms with Crippen LogP contribution in [-0.4, -0.2) is 5.60 Å². The normalized spacial score (nSPS) is 10.2. The fourth-order valence-electron chi connectivity index (χ4n) is 1.00. The monoisotopic (exact) mass is 263 g/mol. The van der Waals surface area contributed by atoms with E-state index in [0.29, 0.717) is 15.8 Å². The Labute approximate surface area is 98.0 Å². The molecule has 1 aromatic carbocycles. The third-order valence-electron chi connectivity index (χ3n) is 1.80. The Morgan fingerprint density at radius 3 is 2.67 bits per heavy atom. The van der Waals surface area contributed by atoms with Gasteiger partial charge in [0.15, 0.2) is 5.60 Å². The average Bonchev–Trinajstić information content (AvgIpc) is 2.18. The molecule has 0 aromatic heterocycles. The van der Waals surface area contributed by atoms with Crippen LogP contribution in [0, 0.1) is 23.7 Å². The summed E-state index contributed by atoms with van der Waals surface area (Å²) in [5, 5.41) is 8.96. The highest BCUT2D eigenvalue weighted by Gasteiger charge is 2.18. The van der Waals surface area contributed by atoms with Gasteiger partial charge in [-0.1, -0.05) is 12.0 Å². The number of nitrogens with zero attached hydrogens (tertiary/aromatic N) is 1. The van der Waals surface area contributed by atoms with Gasteiger partial charge in [-0.25, -0.2) is 0 Å². The van der Waals surface area contributed by atoms with Crippen molar-refractivity contribution in [2.75, 3.05) is 0 Å². The molecule has 1 rings (SSSR count). The molecule has 0 saturated heterocycles. The van der Waals surface area contributed by atoms with Crippen LogP contribution in [0.3, 0.4) is 0 Å². The second-order valence-corrected chi connectivity index (χ2v) is 4.34. The van der Waals surface area contributed by atoms with Crippen LogP contribution in [-0.2, 0) is 0 Å². The van der Waals surface area contributed by atoms with Crippen molar-refractivity contribution in [3.05, 3.63) is 28.2 Å². The van der Waals surface area contributed by atoms with Crippen LogP contribution in [0.4, 0.5) is 0 Å². The summed E-state index contributed by atoms with van der Waals surface area (Å²) in [4.78, 5) is 0. The molecule has 76 valence electrons. The molecule has 0 fully saturated rings. The summed E-state index contributed by atoms with van der Waals surface area (Å²) in [5.41, 5.74) is -0.257. The largest absolute Gasteiger partial charge is 0.474 e. The van der Waals surface area contributed by atoms with Crippen molar-refractivity contribution in [3.63, 3.8) is 0 Å². The van der Waals surface area contributed by atoms with Gasteiger partial charge in [0, 0.05) is 4.47 Å². The summed E-state index contributed by atoms with van der Waals surface area (Å²) in [7, 11) is 0. The molecule has 0 aliphatic carbocycles. The topological polar surface area (TPSA) is 33.0 Å². The van der Waals surface area contributed by atoms with Gasteiger partial charge in [-0.05, 0) is 41.9 Å². The van der Waals surface area contributed by atoms with Gasteiger partial charge in [-0.15, -0.1) is 6.42 Å². The minimum absolute atomic E-state index is 0.459. The number of halogens is 1. The zero-order valence-corrected chi connectivity index (χ0v) is 10.1. The zero-order valence-electron chi connectivity index (χ0n) is 8.54. The molecule has 0 radical (unpaired) electrons. The van der Waals surface area contributed by atoms with Gasteiger partial charge in [-0.2, -0.15) is 5.26 Å².